The lowest BCUT2D eigenvalue weighted by atomic mass is 10.1. The van der Waals surface area contributed by atoms with Gasteiger partial charge in [0.05, 0.1) is 21.1 Å². The van der Waals surface area contributed by atoms with Crippen molar-refractivity contribution in [1.82, 2.24) is 10.3 Å². The van der Waals surface area contributed by atoms with Gasteiger partial charge in [0.2, 0.25) is 5.91 Å². The van der Waals surface area contributed by atoms with E-state index in [9.17, 15) is 9.59 Å². The van der Waals surface area contributed by atoms with Crippen LogP contribution >= 0.6 is 11.3 Å². The van der Waals surface area contributed by atoms with Crippen LogP contribution in [0.5, 0.6) is 0 Å². The molecule has 0 spiro atoms. The molecule has 23 heavy (non-hydrogen) atoms. The van der Waals surface area contributed by atoms with E-state index >= 15 is 0 Å². The second-order valence-electron chi connectivity index (χ2n) is 6.04. The van der Waals surface area contributed by atoms with Gasteiger partial charge in [-0.3, -0.25) is 9.59 Å². The standard InChI is InChI=1S/C17H20N2O3S/c20-15(18-12-9-8-11(10-12)17(21)22)6-3-7-16-19-13-4-1-2-5-14(13)23-16/h1-2,4-5,11-12H,3,6-10H2,(H,18,20)(H,21,22)/t11-,12+/m0/s1. The van der Waals surface area contributed by atoms with Crippen molar-refractivity contribution in [3.63, 3.8) is 0 Å². The first-order valence-corrected chi connectivity index (χ1v) is 8.80. The molecule has 2 aromatic rings. The molecule has 1 fully saturated rings. The third kappa shape index (κ3) is 4.07. The van der Waals surface area contributed by atoms with E-state index in [4.69, 9.17) is 5.11 Å². The highest BCUT2D eigenvalue weighted by Gasteiger charge is 2.30. The van der Waals surface area contributed by atoms with Crippen molar-refractivity contribution < 1.29 is 14.7 Å². The Balaban J connectivity index is 1.42. The molecule has 1 aromatic carbocycles. The number of hydrogen-bond donors (Lipinski definition) is 2. The fourth-order valence-corrected chi connectivity index (χ4v) is 4.07. The number of hydrogen-bond acceptors (Lipinski definition) is 4. The largest absolute Gasteiger partial charge is 0.481 e. The van der Waals surface area contributed by atoms with E-state index in [1.54, 1.807) is 11.3 Å². The average Bonchev–Trinajstić information content (AvgIpc) is 3.13. The first-order valence-electron chi connectivity index (χ1n) is 7.98. The molecule has 2 N–H and O–H groups in total. The zero-order chi connectivity index (χ0) is 16.2. The molecule has 3 rings (SSSR count). The molecule has 6 heteroatoms. The number of thiazole rings is 1. The van der Waals surface area contributed by atoms with Crippen molar-refractivity contribution in [1.29, 1.82) is 0 Å². The maximum absolute atomic E-state index is 12.0. The van der Waals surface area contributed by atoms with Gasteiger partial charge in [0, 0.05) is 12.5 Å². The molecular formula is C17H20N2O3S. The molecule has 1 amide bonds. The summed E-state index contributed by atoms with van der Waals surface area (Å²) < 4.78 is 1.18. The van der Waals surface area contributed by atoms with Crippen molar-refractivity contribution in [2.45, 2.75) is 44.6 Å². The quantitative estimate of drug-likeness (QED) is 0.852. The molecule has 1 aromatic heterocycles. The van der Waals surface area contributed by atoms with E-state index < -0.39 is 5.97 Å². The molecular weight excluding hydrogens is 312 g/mol. The topological polar surface area (TPSA) is 79.3 Å². The Hall–Kier alpha value is -1.95. The second-order valence-corrected chi connectivity index (χ2v) is 7.16. The number of benzene rings is 1. The fraction of sp³-hybridized carbons (Fsp3) is 0.471. The number of aliphatic carboxylic acids is 1. The summed E-state index contributed by atoms with van der Waals surface area (Å²) in [5, 5.41) is 13.0. The van der Waals surface area contributed by atoms with E-state index in [0.717, 1.165) is 29.8 Å². The monoisotopic (exact) mass is 332 g/mol. The van der Waals surface area contributed by atoms with E-state index in [-0.39, 0.29) is 17.9 Å². The Labute approximate surface area is 138 Å². The number of carboxylic acid groups (broad SMARTS) is 1. The zero-order valence-electron chi connectivity index (χ0n) is 12.8. The van der Waals surface area contributed by atoms with Gasteiger partial charge in [0.15, 0.2) is 0 Å². The molecule has 1 heterocycles. The van der Waals surface area contributed by atoms with Crippen LogP contribution in [-0.4, -0.2) is 28.0 Å². The lowest BCUT2D eigenvalue weighted by Gasteiger charge is -2.12. The lowest BCUT2D eigenvalue weighted by Crippen LogP contribution is -2.33. The summed E-state index contributed by atoms with van der Waals surface area (Å²) in [4.78, 5) is 27.4. The first-order chi connectivity index (χ1) is 11.1. The van der Waals surface area contributed by atoms with Crippen LogP contribution in [0.4, 0.5) is 0 Å². The van der Waals surface area contributed by atoms with Crippen LogP contribution in [0.2, 0.25) is 0 Å². The van der Waals surface area contributed by atoms with Crippen LogP contribution in [0.25, 0.3) is 10.2 Å². The highest BCUT2D eigenvalue weighted by Crippen LogP contribution is 2.26. The predicted octanol–water partition coefficient (Wildman–Crippen LogP) is 2.99. The van der Waals surface area contributed by atoms with Gasteiger partial charge < -0.3 is 10.4 Å². The molecule has 122 valence electrons. The van der Waals surface area contributed by atoms with Crippen molar-refractivity contribution >= 4 is 33.4 Å². The smallest absolute Gasteiger partial charge is 0.306 e. The molecule has 1 aliphatic carbocycles. The summed E-state index contributed by atoms with van der Waals surface area (Å²) in [7, 11) is 0. The average molecular weight is 332 g/mol. The van der Waals surface area contributed by atoms with Gasteiger partial charge in [-0.2, -0.15) is 0 Å². The normalized spacial score (nSPS) is 20.7. The fourth-order valence-electron chi connectivity index (χ4n) is 3.06. The molecule has 0 radical (unpaired) electrons. The maximum atomic E-state index is 12.0. The van der Waals surface area contributed by atoms with Crippen molar-refractivity contribution in [3.8, 4) is 0 Å². The summed E-state index contributed by atoms with van der Waals surface area (Å²) >= 11 is 1.68. The van der Waals surface area contributed by atoms with Gasteiger partial charge in [0.1, 0.15) is 0 Å². The van der Waals surface area contributed by atoms with Crippen LogP contribution in [0, 0.1) is 5.92 Å². The number of aryl methyl sites for hydroxylation is 1. The number of carbonyl (C=O) groups excluding carboxylic acids is 1. The summed E-state index contributed by atoms with van der Waals surface area (Å²) in [5.41, 5.74) is 1.02. The predicted molar refractivity (Wildman–Crippen MR) is 89.5 cm³/mol. The van der Waals surface area contributed by atoms with E-state index in [1.165, 1.54) is 4.70 Å². The third-order valence-electron chi connectivity index (χ3n) is 4.28. The number of carboxylic acids is 1. The maximum Gasteiger partial charge on any atom is 0.306 e. The summed E-state index contributed by atoms with van der Waals surface area (Å²) in [6.45, 7) is 0. The van der Waals surface area contributed by atoms with E-state index in [0.29, 0.717) is 19.3 Å². The van der Waals surface area contributed by atoms with Crippen molar-refractivity contribution in [3.05, 3.63) is 29.3 Å². The number of aromatic nitrogens is 1. The minimum Gasteiger partial charge on any atom is -0.481 e. The molecule has 5 nitrogen and oxygen atoms in total. The second kappa shape index (κ2) is 7.08. The van der Waals surface area contributed by atoms with Gasteiger partial charge in [-0.15, -0.1) is 11.3 Å². The summed E-state index contributed by atoms with van der Waals surface area (Å²) in [6.07, 6.45) is 4.01. The van der Waals surface area contributed by atoms with Crippen LogP contribution in [0.15, 0.2) is 24.3 Å². The number of nitrogens with one attached hydrogen (secondary N) is 1. The molecule has 0 bridgehead atoms. The van der Waals surface area contributed by atoms with Crippen molar-refractivity contribution in [2.24, 2.45) is 5.92 Å². The number of fused-ring (bicyclic) bond motifs is 1. The van der Waals surface area contributed by atoms with Gasteiger partial charge in [-0.1, -0.05) is 12.1 Å². The molecule has 0 aliphatic heterocycles. The van der Waals surface area contributed by atoms with Gasteiger partial charge in [-0.05, 0) is 44.2 Å². The van der Waals surface area contributed by atoms with Crippen LogP contribution in [0.3, 0.4) is 0 Å². The van der Waals surface area contributed by atoms with Crippen LogP contribution < -0.4 is 5.32 Å². The highest BCUT2D eigenvalue weighted by atomic mass is 32.1. The Morgan fingerprint density at radius 2 is 2.13 bits per heavy atom. The molecule has 0 unspecified atom stereocenters. The first kappa shape index (κ1) is 15.9. The number of para-hydroxylation sites is 1. The minimum atomic E-state index is -0.752. The van der Waals surface area contributed by atoms with E-state index in [2.05, 4.69) is 16.4 Å². The molecule has 0 saturated heterocycles. The number of amides is 1. The molecule has 1 saturated carbocycles. The Morgan fingerprint density at radius 3 is 2.87 bits per heavy atom. The lowest BCUT2D eigenvalue weighted by molar-refractivity contribution is -0.141. The van der Waals surface area contributed by atoms with Crippen LogP contribution in [0.1, 0.15) is 37.1 Å². The zero-order valence-corrected chi connectivity index (χ0v) is 13.6. The number of nitrogens with zero attached hydrogens (tertiary/aromatic N) is 1. The highest BCUT2D eigenvalue weighted by molar-refractivity contribution is 7.18. The van der Waals surface area contributed by atoms with Gasteiger partial charge >= 0.3 is 5.97 Å². The molecule has 2 atom stereocenters. The van der Waals surface area contributed by atoms with E-state index in [1.807, 2.05) is 18.2 Å². The number of rotatable bonds is 6. The van der Waals surface area contributed by atoms with Gasteiger partial charge in [0.25, 0.3) is 0 Å². The Bertz CT molecular complexity index is 680. The third-order valence-corrected chi connectivity index (χ3v) is 5.38. The van der Waals surface area contributed by atoms with Crippen molar-refractivity contribution in [2.75, 3.05) is 0 Å². The summed E-state index contributed by atoms with van der Waals surface area (Å²) in [6, 6.07) is 8.06. The summed E-state index contributed by atoms with van der Waals surface area (Å²) in [5.74, 6) is -1.04. The minimum absolute atomic E-state index is 0.0159. The van der Waals surface area contributed by atoms with Crippen LogP contribution in [-0.2, 0) is 16.0 Å². The SMILES string of the molecule is O=C(CCCc1nc2ccccc2s1)N[C@@H]1CC[C@H](C(=O)O)C1. The Morgan fingerprint density at radius 1 is 1.30 bits per heavy atom. The molecule has 1 aliphatic rings. The number of carbonyl (C=O) groups is 2. The Kier molecular flexibility index (Phi) is 4.91. The van der Waals surface area contributed by atoms with Gasteiger partial charge in [-0.25, -0.2) is 4.98 Å².